The zero-order valence-corrected chi connectivity index (χ0v) is 20.4. The highest BCUT2D eigenvalue weighted by atomic mass is 16.5. The molecule has 3 aromatic heterocycles. The van der Waals surface area contributed by atoms with Gasteiger partial charge in [0.15, 0.2) is 5.82 Å². The van der Waals surface area contributed by atoms with Crippen molar-refractivity contribution in [3.63, 3.8) is 0 Å². The van der Waals surface area contributed by atoms with Crippen LogP contribution in [0, 0.1) is 0 Å². The lowest BCUT2D eigenvalue weighted by Gasteiger charge is -2.14. The molecule has 11 nitrogen and oxygen atoms in total. The molecule has 0 radical (unpaired) electrons. The van der Waals surface area contributed by atoms with E-state index < -0.39 is 0 Å². The Morgan fingerprint density at radius 1 is 1.09 bits per heavy atom. The number of pyridine rings is 2. The fraction of sp³-hybridized carbons (Fsp3) is 0.458. The maximum Gasteiger partial charge on any atom is 0.293 e. The number of ether oxygens (including phenoxy) is 3. The Labute approximate surface area is 203 Å². The molecule has 2 N–H and O–H groups in total. The van der Waals surface area contributed by atoms with Gasteiger partial charge in [-0.3, -0.25) is 14.6 Å². The van der Waals surface area contributed by atoms with Crippen molar-refractivity contribution < 1.29 is 19.0 Å². The number of aromatic nitrogens is 4. The van der Waals surface area contributed by atoms with Crippen molar-refractivity contribution in [2.24, 2.45) is 0 Å². The van der Waals surface area contributed by atoms with E-state index in [0.717, 1.165) is 12.0 Å². The molecule has 3 rings (SSSR count). The molecule has 0 aliphatic heterocycles. The zero-order valence-electron chi connectivity index (χ0n) is 20.4. The summed E-state index contributed by atoms with van der Waals surface area (Å²) in [5.74, 6) is 0.316. The number of hydrogen-bond acceptors (Lipinski definition) is 9. The lowest BCUT2D eigenvalue weighted by molar-refractivity contribution is -0.119. The predicted molar refractivity (Wildman–Crippen MR) is 133 cm³/mol. The van der Waals surface area contributed by atoms with Crippen LogP contribution in [0.15, 0.2) is 35.4 Å². The number of methoxy groups -OCH3 is 1. The largest absolute Gasteiger partial charge is 0.481 e. The Bertz CT molecular complexity index is 1170. The van der Waals surface area contributed by atoms with E-state index in [1.54, 1.807) is 36.2 Å². The number of rotatable bonds is 14. The Balaban J connectivity index is 1.87. The summed E-state index contributed by atoms with van der Waals surface area (Å²) in [6.45, 7) is 6.54. The third-order valence-electron chi connectivity index (χ3n) is 5.07. The molecule has 0 aromatic carbocycles. The standard InChI is InChI=1S/C24H32N6O5/c1-4-10-35-12-9-30-20-13-18(17-6-7-22(33-3)27-14-17)26-15-19(20)29-23(24(30)32)28-16-21(31)25-8-11-34-5-2/h6-7,13-15H,4-5,8-12,16H2,1-3H3,(H,25,31)(H,28,29). The van der Waals surface area contributed by atoms with Gasteiger partial charge in [0, 0.05) is 44.1 Å². The number of nitrogens with zero attached hydrogens (tertiary/aromatic N) is 4. The molecule has 0 fully saturated rings. The minimum absolute atomic E-state index is 0.0774. The summed E-state index contributed by atoms with van der Waals surface area (Å²) in [7, 11) is 1.55. The minimum Gasteiger partial charge on any atom is -0.481 e. The zero-order chi connectivity index (χ0) is 25.0. The van der Waals surface area contributed by atoms with Gasteiger partial charge in [0.1, 0.15) is 5.52 Å². The van der Waals surface area contributed by atoms with Gasteiger partial charge in [-0.05, 0) is 25.5 Å². The Kier molecular flexibility index (Phi) is 9.93. The molecule has 1 amide bonds. The number of hydrogen-bond donors (Lipinski definition) is 2. The van der Waals surface area contributed by atoms with Crippen LogP contribution in [0.3, 0.4) is 0 Å². The second-order valence-corrected chi connectivity index (χ2v) is 7.58. The average Bonchev–Trinajstić information content (AvgIpc) is 2.89. The van der Waals surface area contributed by atoms with Crippen LogP contribution in [0.4, 0.5) is 5.82 Å². The first-order chi connectivity index (χ1) is 17.1. The van der Waals surface area contributed by atoms with Gasteiger partial charge in [0.25, 0.3) is 5.56 Å². The lowest BCUT2D eigenvalue weighted by atomic mass is 10.2. The van der Waals surface area contributed by atoms with E-state index in [4.69, 9.17) is 14.2 Å². The normalized spacial score (nSPS) is 10.9. The fourth-order valence-corrected chi connectivity index (χ4v) is 3.33. The molecule has 0 atom stereocenters. The summed E-state index contributed by atoms with van der Waals surface area (Å²) >= 11 is 0. The molecule has 11 heteroatoms. The quantitative estimate of drug-likeness (QED) is 0.329. The second-order valence-electron chi connectivity index (χ2n) is 7.58. The topological polar surface area (TPSA) is 129 Å². The maximum absolute atomic E-state index is 13.3. The molecular formula is C24H32N6O5. The third-order valence-corrected chi connectivity index (χ3v) is 5.07. The average molecular weight is 485 g/mol. The van der Waals surface area contributed by atoms with Crippen molar-refractivity contribution in [1.29, 1.82) is 0 Å². The molecule has 0 saturated carbocycles. The molecule has 188 valence electrons. The molecule has 3 heterocycles. The Morgan fingerprint density at radius 3 is 2.66 bits per heavy atom. The SMILES string of the molecule is CCCOCCn1c(=O)c(NCC(=O)NCCOCC)nc2cnc(-c3ccc(OC)nc3)cc21. The number of carbonyl (C=O) groups is 1. The van der Waals surface area contributed by atoms with Crippen LogP contribution in [0.5, 0.6) is 5.88 Å². The molecule has 0 unspecified atom stereocenters. The molecule has 0 aliphatic carbocycles. The molecule has 0 aliphatic rings. The van der Waals surface area contributed by atoms with E-state index in [0.29, 0.717) is 62.1 Å². The fourth-order valence-electron chi connectivity index (χ4n) is 3.33. The monoisotopic (exact) mass is 484 g/mol. The van der Waals surface area contributed by atoms with Crippen LogP contribution in [-0.2, 0) is 20.8 Å². The number of nitrogens with one attached hydrogen (secondary N) is 2. The smallest absolute Gasteiger partial charge is 0.293 e. The van der Waals surface area contributed by atoms with Gasteiger partial charge in [-0.2, -0.15) is 0 Å². The number of fused-ring (bicyclic) bond motifs is 1. The van der Waals surface area contributed by atoms with E-state index in [-0.39, 0.29) is 23.8 Å². The van der Waals surface area contributed by atoms with E-state index in [2.05, 4.69) is 25.6 Å². The Hall–Kier alpha value is -3.57. The van der Waals surface area contributed by atoms with Crippen LogP contribution in [0.1, 0.15) is 20.3 Å². The highest BCUT2D eigenvalue weighted by Crippen LogP contribution is 2.22. The summed E-state index contributed by atoms with van der Waals surface area (Å²) in [6, 6.07) is 5.40. The number of anilines is 1. The van der Waals surface area contributed by atoms with E-state index in [9.17, 15) is 9.59 Å². The van der Waals surface area contributed by atoms with Gasteiger partial charge in [-0.15, -0.1) is 0 Å². The predicted octanol–water partition coefficient (Wildman–Crippen LogP) is 1.85. The highest BCUT2D eigenvalue weighted by molar-refractivity contribution is 5.82. The van der Waals surface area contributed by atoms with Crippen LogP contribution < -0.4 is 20.9 Å². The summed E-state index contributed by atoms with van der Waals surface area (Å²) in [5, 5.41) is 5.59. The van der Waals surface area contributed by atoms with Crippen molar-refractivity contribution in [2.45, 2.75) is 26.8 Å². The third kappa shape index (κ3) is 7.20. The summed E-state index contributed by atoms with van der Waals surface area (Å²) in [5.41, 5.74) is 2.21. The minimum atomic E-state index is -0.343. The van der Waals surface area contributed by atoms with Crippen LogP contribution in [-0.4, -0.2) is 72.1 Å². The first kappa shape index (κ1) is 26.0. The second kappa shape index (κ2) is 13.4. The van der Waals surface area contributed by atoms with Gasteiger partial charge in [-0.25, -0.2) is 9.97 Å². The van der Waals surface area contributed by atoms with Gasteiger partial charge in [0.05, 0.1) is 44.3 Å². The van der Waals surface area contributed by atoms with Crippen molar-refractivity contribution in [1.82, 2.24) is 24.8 Å². The van der Waals surface area contributed by atoms with E-state index >= 15 is 0 Å². The van der Waals surface area contributed by atoms with Crippen LogP contribution in [0.2, 0.25) is 0 Å². The van der Waals surface area contributed by atoms with Gasteiger partial charge in [0.2, 0.25) is 11.8 Å². The summed E-state index contributed by atoms with van der Waals surface area (Å²) < 4.78 is 17.5. The van der Waals surface area contributed by atoms with Crippen LogP contribution >= 0.6 is 0 Å². The molecule has 35 heavy (non-hydrogen) atoms. The van der Waals surface area contributed by atoms with Crippen LogP contribution in [0.25, 0.3) is 22.3 Å². The van der Waals surface area contributed by atoms with E-state index in [1.165, 1.54) is 0 Å². The lowest BCUT2D eigenvalue weighted by Crippen LogP contribution is -2.35. The molecule has 3 aromatic rings. The number of carbonyl (C=O) groups excluding carboxylic acids is 1. The van der Waals surface area contributed by atoms with Crippen molar-refractivity contribution >= 4 is 22.8 Å². The summed E-state index contributed by atoms with van der Waals surface area (Å²) in [6.07, 6.45) is 4.15. The summed E-state index contributed by atoms with van der Waals surface area (Å²) in [4.78, 5) is 38.5. The number of amides is 1. The van der Waals surface area contributed by atoms with Crippen molar-refractivity contribution in [3.8, 4) is 17.1 Å². The van der Waals surface area contributed by atoms with Gasteiger partial charge >= 0.3 is 0 Å². The highest BCUT2D eigenvalue weighted by Gasteiger charge is 2.14. The van der Waals surface area contributed by atoms with E-state index in [1.807, 2.05) is 19.9 Å². The van der Waals surface area contributed by atoms with Crippen molar-refractivity contribution in [2.75, 3.05) is 51.9 Å². The van der Waals surface area contributed by atoms with Crippen molar-refractivity contribution in [3.05, 3.63) is 40.9 Å². The Morgan fingerprint density at radius 2 is 1.94 bits per heavy atom. The molecule has 0 spiro atoms. The van der Waals surface area contributed by atoms with Gasteiger partial charge < -0.3 is 29.4 Å². The first-order valence-corrected chi connectivity index (χ1v) is 11.6. The van der Waals surface area contributed by atoms with Gasteiger partial charge in [-0.1, -0.05) is 6.92 Å². The first-order valence-electron chi connectivity index (χ1n) is 11.6. The maximum atomic E-state index is 13.3. The molecule has 0 bridgehead atoms. The molecule has 0 saturated heterocycles. The molecular weight excluding hydrogens is 452 g/mol.